The standard InChI is InChI=1S/C23H24N6O/c1-16-14-28(15-25-16)23-20(30-2)12-17(13-24-23)8-9-21-26-22-19(10-11-29(22)27-21)18-6-4-3-5-7-18/h3-7,12-15,19H,8-11H2,1-2H3/t19-/m0/s1. The summed E-state index contributed by atoms with van der Waals surface area (Å²) in [7, 11) is 1.67. The highest BCUT2D eigenvalue weighted by molar-refractivity contribution is 5.42. The summed E-state index contributed by atoms with van der Waals surface area (Å²) in [6.07, 6.45) is 8.23. The van der Waals surface area contributed by atoms with Gasteiger partial charge in [0.15, 0.2) is 17.4 Å². The number of hydrogen-bond donors (Lipinski definition) is 0. The minimum Gasteiger partial charge on any atom is -0.493 e. The van der Waals surface area contributed by atoms with Gasteiger partial charge in [-0.1, -0.05) is 30.3 Å². The molecule has 30 heavy (non-hydrogen) atoms. The maximum absolute atomic E-state index is 5.57. The van der Waals surface area contributed by atoms with E-state index in [4.69, 9.17) is 14.8 Å². The molecular weight excluding hydrogens is 376 g/mol. The van der Waals surface area contributed by atoms with Crippen molar-refractivity contribution in [3.63, 3.8) is 0 Å². The van der Waals surface area contributed by atoms with Crippen LogP contribution in [0.15, 0.2) is 55.1 Å². The molecule has 1 atom stereocenters. The number of aromatic nitrogens is 6. The molecule has 0 amide bonds. The van der Waals surface area contributed by atoms with Crippen molar-refractivity contribution in [1.82, 2.24) is 29.3 Å². The summed E-state index contributed by atoms with van der Waals surface area (Å²) in [6.45, 7) is 2.88. The van der Waals surface area contributed by atoms with E-state index in [1.807, 2.05) is 30.0 Å². The molecular formula is C23H24N6O. The fourth-order valence-corrected chi connectivity index (χ4v) is 4.06. The van der Waals surface area contributed by atoms with Crippen molar-refractivity contribution in [1.29, 1.82) is 0 Å². The van der Waals surface area contributed by atoms with Gasteiger partial charge >= 0.3 is 0 Å². The number of benzene rings is 1. The number of ether oxygens (including phenoxy) is 1. The Balaban J connectivity index is 1.31. The van der Waals surface area contributed by atoms with Crippen LogP contribution in [-0.2, 0) is 19.4 Å². The third kappa shape index (κ3) is 3.47. The number of fused-ring (bicyclic) bond motifs is 1. The number of methoxy groups -OCH3 is 1. The van der Waals surface area contributed by atoms with Gasteiger partial charge < -0.3 is 4.74 Å². The largest absolute Gasteiger partial charge is 0.493 e. The van der Waals surface area contributed by atoms with Crippen LogP contribution in [0.1, 0.15) is 40.8 Å². The smallest absolute Gasteiger partial charge is 0.180 e. The van der Waals surface area contributed by atoms with E-state index >= 15 is 0 Å². The van der Waals surface area contributed by atoms with Crippen LogP contribution in [0.5, 0.6) is 5.75 Å². The van der Waals surface area contributed by atoms with Crippen LogP contribution in [0.4, 0.5) is 0 Å². The Labute approximate surface area is 175 Å². The Morgan fingerprint density at radius 1 is 1.13 bits per heavy atom. The highest BCUT2D eigenvalue weighted by Gasteiger charge is 2.27. The molecule has 1 aromatic carbocycles. The molecule has 0 unspecified atom stereocenters. The Morgan fingerprint density at radius 2 is 2.00 bits per heavy atom. The molecule has 0 N–H and O–H groups in total. The molecule has 4 heterocycles. The Morgan fingerprint density at radius 3 is 2.77 bits per heavy atom. The summed E-state index contributed by atoms with van der Waals surface area (Å²) in [5.41, 5.74) is 3.35. The highest BCUT2D eigenvalue weighted by atomic mass is 16.5. The lowest BCUT2D eigenvalue weighted by Gasteiger charge is -2.10. The molecule has 0 spiro atoms. The zero-order chi connectivity index (χ0) is 20.5. The highest BCUT2D eigenvalue weighted by Crippen LogP contribution is 2.32. The van der Waals surface area contributed by atoms with Gasteiger partial charge in [-0.05, 0) is 37.0 Å². The van der Waals surface area contributed by atoms with Gasteiger partial charge in [-0.3, -0.25) is 4.57 Å². The second-order valence-corrected chi connectivity index (χ2v) is 7.65. The summed E-state index contributed by atoms with van der Waals surface area (Å²) in [5.74, 6) is 3.78. The van der Waals surface area contributed by atoms with Gasteiger partial charge in [0.25, 0.3) is 0 Å². The van der Waals surface area contributed by atoms with E-state index in [1.165, 1.54) is 5.56 Å². The van der Waals surface area contributed by atoms with E-state index < -0.39 is 0 Å². The molecule has 152 valence electrons. The van der Waals surface area contributed by atoms with Gasteiger partial charge in [0.05, 0.1) is 12.8 Å². The zero-order valence-corrected chi connectivity index (χ0v) is 17.2. The minimum absolute atomic E-state index is 0.340. The predicted molar refractivity (Wildman–Crippen MR) is 113 cm³/mol. The van der Waals surface area contributed by atoms with E-state index in [1.54, 1.807) is 13.4 Å². The number of imidazole rings is 1. The van der Waals surface area contributed by atoms with Gasteiger partial charge in [0, 0.05) is 31.3 Å². The first-order valence-electron chi connectivity index (χ1n) is 10.2. The van der Waals surface area contributed by atoms with Gasteiger partial charge in [0.1, 0.15) is 12.2 Å². The van der Waals surface area contributed by atoms with Crippen molar-refractivity contribution in [2.45, 2.75) is 38.6 Å². The summed E-state index contributed by atoms with van der Waals surface area (Å²) in [5, 5.41) is 4.73. The third-order valence-electron chi connectivity index (χ3n) is 5.59. The Kier molecular flexibility index (Phi) is 4.78. The second kappa shape index (κ2) is 7.74. The molecule has 0 bridgehead atoms. The number of rotatable bonds is 6. The number of aryl methyl sites for hydroxylation is 4. The summed E-state index contributed by atoms with van der Waals surface area (Å²) in [6, 6.07) is 12.6. The second-order valence-electron chi connectivity index (χ2n) is 7.65. The van der Waals surface area contributed by atoms with E-state index in [9.17, 15) is 0 Å². The molecule has 0 saturated carbocycles. The third-order valence-corrected chi connectivity index (χ3v) is 5.59. The maximum Gasteiger partial charge on any atom is 0.180 e. The van der Waals surface area contributed by atoms with Crippen LogP contribution in [0.3, 0.4) is 0 Å². The van der Waals surface area contributed by atoms with Crippen molar-refractivity contribution in [2.24, 2.45) is 0 Å². The molecule has 0 fully saturated rings. The fraction of sp³-hybridized carbons (Fsp3) is 0.304. The molecule has 7 heteroatoms. The quantitative estimate of drug-likeness (QED) is 0.495. The molecule has 4 aromatic rings. The fourth-order valence-electron chi connectivity index (χ4n) is 4.06. The predicted octanol–water partition coefficient (Wildman–Crippen LogP) is 3.50. The van der Waals surface area contributed by atoms with Crippen molar-refractivity contribution in [3.05, 3.63) is 83.6 Å². The number of hydrogen-bond acceptors (Lipinski definition) is 5. The van der Waals surface area contributed by atoms with Crippen LogP contribution in [0.2, 0.25) is 0 Å². The first-order valence-corrected chi connectivity index (χ1v) is 10.2. The molecule has 5 rings (SSSR count). The molecule has 0 saturated heterocycles. The summed E-state index contributed by atoms with van der Waals surface area (Å²) in [4.78, 5) is 13.7. The Hall–Kier alpha value is -3.48. The van der Waals surface area contributed by atoms with Crippen molar-refractivity contribution < 1.29 is 4.74 Å². The van der Waals surface area contributed by atoms with Crippen LogP contribution >= 0.6 is 0 Å². The summed E-state index contributed by atoms with van der Waals surface area (Å²) >= 11 is 0. The Bertz CT molecular complexity index is 1160. The molecule has 1 aliphatic rings. The van der Waals surface area contributed by atoms with Gasteiger partial charge in [0.2, 0.25) is 0 Å². The van der Waals surface area contributed by atoms with E-state index in [-0.39, 0.29) is 0 Å². The van der Waals surface area contributed by atoms with Crippen LogP contribution in [-0.4, -0.2) is 36.4 Å². The van der Waals surface area contributed by atoms with E-state index in [0.717, 1.165) is 60.3 Å². The van der Waals surface area contributed by atoms with Crippen LogP contribution in [0.25, 0.3) is 5.82 Å². The minimum atomic E-state index is 0.340. The van der Waals surface area contributed by atoms with Crippen LogP contribution < -0.4 is 4.74 Å². The zero-order valence-electron chi connectivity index (χ0n) is 17.2. The molecule has 0 aliphatic carbocycles. The lowest BCUT2D eigenvalue weighted by molar-refractivity contribution is 0.410. The van der Waals surface area contributed by atoms with Crippen LogP contribution in [0, 0.1) is 6.92 Å². The average molecular weight is 400 g/mol. The van der Waals surface area contributed by atoms with Gasteiger partial charge in [-0.15, -0.1) is 0 Å². The SMILES string of the molecule is COc1cc(CCc2nc3n(n2)CC[C@H]3c2ccccc2)cnc1-n1cnc(C)c1. The van der Waals surface area contributed by atoms with Gasteiger partial charge in [-0.2, -0.15) is 5.10 Å². The summed E-state index contributed by atoms with van der Waals surface area (Å²) < 4.78 is 9.51. The lowest BCUT2D eigenvalue weighted by Crippen LogP contribution is -2.02. The molecule has 7 nitrogen and oxygen atoms in total. The van der Waals surface area contributed by atoms with E-state index in [0.29, 0.717) is 5.92 Å². The van der Waals surface area contributed by atoms with Crippen molar-refractivity contribution in [3.8, 4) is 11.6 Å². The number of nitrogens with zero attached hydrogens (tertiary/aromatic N) is 6. The van der Waals surface area contributed by atoms with Crippen molar-refractivity contribution in [2.75, 3.05) is 7.11 Å². The monoisotopic (exact) mass is 400 g/mol. The van der Waals surface area contributed by atoms with Crippen molar-refractivity contribution >= 4 is 0 Å². The topological polar surface area (TPSA) is 70.7 Å². The van der Waals surface area contributed by atoms with Gasteiger partial charge in [-0.25, -0.2) is 19.6 Å². The normalized spacial score (nSPS) is 15.3. The number of pyridine rings is 1. The molecule has 1 aliphatic heterocycles. The average Bonchev–Trinajstić information content (AvgIpc) is 3.48. The van der Waals surface area contributed by atoms with E-state index in [2.05, 4.69) is 45.0 Å². The molecule has 3 aromatic heterocycles. The maximum atomic E-state index is 5.57. The first kappa shape index (κ1) is 18.5. The first-order chi connectivity index (χ1) is 14.7. The molecule has 0 radical (unpaired) electrons. The lowest BCUT2D eigenvalue weighted by atomic mass is 9.97.